The smallest absolute Gasteiger partial charge is 0.305 e. The van der Waals surface area contributed by atoms with Crippen molar-refractivity contribution in [2.75, 3.05) is 19.5 Å². The van der Waals surface area contributed by atoms with Gasteiger partial charge in [0.05, 0.1) is 19.9 Å². The molecule has 0 spiro atoms. The predicted molar refractivity (Wildman–Crippen MR) is 82.1 cm³/mol. The number of nitrogens with one attached hydrogen (secondary N) is 1. The Hall–Kier alpha value is -2.37. The summed E-state index contributed by atoms with van der Waals surface area (Å²) < 4.78 is 9.64. The standard InChI is InChI=1S/C16H21NO5/c1-11(18)17-14-10-12(21-2)8-9-13(14)15(19)6-4-5-7-16(20)22-3/h8-10H,4-7H2,1-3H3,(H,17,18). The van der Waals surface area contributed by atoms with E-state index in [0.717, 1.165) is 0 Å². The molecule has 0 saturated carbocycles. The molecule has 120 valence electrons. The monoisotopic (exact) mass is 307 g/mol. The lowest BCUT2D eigenvalue weighted by atomic mass is 10.0. The van der Waals surface area contributed by atoms with Crippen LogP contribution in [0.15, 0.2) is 18.2 Å². The zero-order chi connectivity index (χ0) is 16.5. The van der Waals surface area contributed by atoms with E-state index in [1.807, 2.05) is 0 Å². The van der Waals surface area contributed by atoms with Crippen LogP contribution in [0.4, 0.5) is 5.69 Å². The van der Waals surface area contributed by atoms with Crippen LogP contribution in [0.25, 0.3) is 0 Å². The van der Waals surface area contributed by atoms with Gasteiger partial charge in [0.25, 0.3) is 0 Å². The lowest BCUT2D eigenvalue weighted by Crippen LogP contribution is -2.11. The van der Waals surface area contributed by atoms with E-state index in [9.17, 15) is 14.4 Å². The SMILES string of the molecule is COC(=O)CCCCC(=O)c1ccc(OC)cc1NC(C)=O. The number of amides is 1. The molecular weight excluding hydrogens is 286 g/mol. The number of benzene rings is 1. The van der Waals surface area contributed by atoms with Gasteiger partial charge in [-0.05, 0) is 25.0 Å². The highest BCUT2D eigenvalue weighted by Gasteiger charge is 2.13. The Morgan fingerprint density at radius 2 is 1.77 bits per heavy atom. The van der Waals surface area contributed by atoms with Crippen molar-refractivity contribution in [2.24, 2.45) is 0 Å². The summed E-state index contributed by atoms with van der Waals surface area (Å²) in [6.07, 6.45) is 1.77. The first-order chi connectivity index (χ1) is 10.5. The topological polar surface area (TPSA) is 81.7 Å². The maximum absolute atomic E-state index is 12.3. The van der Waals surface area contributed by atoms with Crippen molar-refractivity contribution in [1.82, 2.24) is 0 Å². The minimum Gasteiger partial charge on any atom is -0.497 e. The van der Waals surface area contributed by atoms with Gasteiger partial charge in [-0.3, -0.25) is 14.4 Å². The van der Waals surface area contributed by atoms with Crippen molar-refractivity contribution in [3.05, 3.63) is 23.8 Å². The Labute approximate surface area is 129 Å². The molecule has 0 aliphatic rings. The zero-order valence-corrected chi connectivity index (χ0v) is 13.1. The van der Waals surface area contributed by atoms with Gasteiger partial charge >= 0.3 is 5.97 Å². The van der Waals surface area contributed by atoms with Gasteiger partial charge in [-0.2, -0.15) is 0 Å². The molecule has 0 aliphatic carbocycles. The third kappa shape index (κ3) is 5.55. The number of ether oxygens (including phenoxy) is 2. The molecule has 0 fully saturated rings. The van der Waals surface area contributed by atoms with Crippen molar-refractivity contribution in [2.45, 2.75) is 32.6 Å². The van der Waals surface area contributed by atoms with Gasteiger partial charge in [0.2, 0.25) is 5.91 Å². The van der Waals surface area contributed by atoms with Gasteiger partial charge in [-0.25, -0.2) is 0 Å². The third-order valence-corrected chi connectivity index (χ3v) is 3.10. The van der Waals surface area contributed by atoms with Crippen LogP contribution in [0.3, 0.4) is 0 Å². The van der Waals surface area contributed by atoms with Crippen LogP contribution < -0.4 is 10.1 Å². The van der Waals surface area contributed by atoms with Crippen LogP contribution in [-0.4, -0.2) is 31.9 Å². The number of Topliss-reactive ketones (excluding diaryl/α,β-unsaturated/α-hetero) is 1. The first-order valence-electron chi connectivity index (χ1n) is 7.03. The van der Waals surface area contributed by atoms with E-state index in [2.05, 4.69) is 10.1 Å². The molecule has 0 saturated heterocycles. The normalized spacial score (nSPS) is 9.95. The maximum Gasteiger partial charge on any atom is 0.305 e. The highest BCUT2D eigenvalue weighted by Crippen LogP contribution is 2.24. The number of methoxy groups -OCH3 is 2. The lowest BCUT2D eigenvalue weighted by Gasteiger charge is -2.11. The summed E-state index contributed by atoms with van der Waals surface area (Å²) in [6.45, 7) is 1.38. The molecule has 0 heterocycles. The van der Waals surface area contributed by atoms with E-state index >= 15 is 0 Å². The van der Waals surface area contributed by atoms with Gasteiger partial charge < -0.3 is 14.8 Å². The lowest BCUT2D eigenvalue weighted by molar-refractivity contribution is -0.140. The van der Waals surface area contributed by atoms with Gasteiger partial charge in [0.1, 0.15) is 5.75 Å². The Bertz CT molecular complexity index is 553. The number of hydrogen-bond acceptors (Lipinski definition) is 5. The van der Waals surface area contributed by atoms with Gasteiger partial charge in [-0.1, -0.05) is 0 Å². The average Bonchev–Trinajstić information content (AvgIpc) is 2.50. The summed E-state index contributed by atoms with van der Waals surface area (Å²) in [6, 6.07) is 4.92. The van der Waals surface area contributed by atoms with Gasteiger partial charge in [0, 0.05) is 31.4 Å². The number of anilines is 1. The van der Waals surface area contributed by atoms with Gasteiger partial charge in [0.15, 0.2) is 5.78 Å². The molecule has 0 aliphatic heterocycles. The molecule has 0 radical (unpaired) electrons. The fraction of sp³-hybridized carbons (Fsp3) is 0.438. The van der Waals surface area contributed by atoms with Crippen molar-refractivity contribution < 1.29 is 23.9 Å². The number of ketones is 1. The second-order valence-corrected chi connectivity index (χ2v) is 4.80. The van der Waals surface area contributed by atoms with Crippen molar-refractivity contribution in [1.29, 1.82) is 0 Å². The number of hydrogen-bond donors (Lipinski definition) is 1. The summed E-state index contributed by atoms with van der Waals surface area (Å²) >= 11 is 0. The largest absolute Gasteiger partial charge is 0.497 e. The molecule has 1 aromatic rings. The van der Waals surface area contributed by atoms with Crippen LogP contribution in [0.5, 0.6) is 5.75 Å². The van der Waals surface area contributed by atoms with Crippen LogP contribution in [0.1, 0.15) is 43.0 Å². The highest BCUT2D eigenvalue weighted by molar-refractivity contribution is 6.04. The summed E-state index contributed by atoms with van der Waals surface area (Å²) in [5.41, 5.74) is 0.874. The Morgan fingerprint density at radius 1 is 1.09 bits per heavy atom. The van der Waals surface area contributed by atoms with E-state index in [-0.39, 0.29) is 17.7 Å². The minimum absolute atomic E-state index is 0.0868. The predicted octanol–water partition coefficient (Wildman–Crippen LogP) is 2.57. The third-order valence-electron chi connectivity index (χ3n) is 3.10. The molecule has 0 bridgehead atoms. The van der Waals surface area contributed by atoms with E-state index in [1.54, 1.807) is 18.2 Å². The molecule has 22 heavy (non-hydrogen) atoms. The molecule has 1 amide bonds. The molecule has 0 aromatic heterocycles. The Kier molecular flexibility index (Phi) is 7.08. The quantitative estimate of drug-likeness (QED) is 0.453. The molecular formula is C16H21NO5. The molecule has 0 unspecified atom stereocenters. The molecule has 6 nitrogen and oxygen atoms in total. The minimum atomic E-state index is -0.282. The molecule has 0 atom stereocenters. The highest BCUT2D eigenvalue weighted by atomic mass is 16.5. The number of carbonyl (C=O) groups is 3. The van der Waals surface area contributed by atoms with Gasteiger partial charge in [-0.15, -0.1) is 0 Å². The molecule has 1 rings (SSSR count). The van der Waals surface area contributed by atoms with E-state index < -0.39 is 0 Å². The molecule has 1 N–H and O–H groups in total. The van der Waals surface area contributed by atoms with Crippen LogP contribution in [-0.2, 0) is 14.3 Å². The first kappa shape index (κ1) is 17.7. The number of unbranched alkanes of at least 4 members (excludes halogenated alkanes) is 1. The molecule has 6 heteroatoms. The van der Waals surface area contributed by atoms with E-state index in [1.165, 1.54) is 21.1 Å². The summed E-state index contributed by atoms with van der Waals surface area (Å²) in [4.78, 5) is 34.5. The van der Waals surface area contributed by atoms with E-state index in [0.29, 0.717) is 42.7 Å². The van der Waals surface area contributed by atoms with Crippen molar-refractivity contribution >= 4 is 23.3 Å². The first-order valence-corrected chi connectivity index (χ1v) is 7.03. The Morgan fingerprint density at radius 3 is 2.36 bits per heavy atom. The summed E-state index contributed by atoms with van der Waals surface area (Å²) in [7, 11) is 2.85. The fourth-order valence-corrected chi connectivity index (χ4v) is 1.98. The average molecular weight is 307 g/mol. The molecule has 1 aromatic carbocycles. The maximum atomic E-state index is 12.3. The summed E-state index contributed by atoms with van der Waals surface area (Å²) in [5, 5.41) is 2.63. The second-order valence-electron chi connectivity index (χ2n) is 4.80. The van der Waals surface area contributed by atoms with Crippen LogP contribution in [0.2, 0.25) is 0 Å². The summed E-state index contributed by atoms with van der Waals surface area (Å²) in [5.74, 6) is -0.0638. The number of rotatable bonds is 8. The Balaban J connectivity index is 2.71. The van der Waals surface area contributed by atoms with Crippen LogP contribution >= 0.6 is 0 Å². The number of carbonyl (C=O) groups excluding carboxylic acids is 3. The zero-order valence-electron chi connectivity index (χ0n) is 13.1. The van der Waals surface area contributed by atoms with Crippen molar-refractivity contribution in [3.8, 4) is 5.75 Å². The van der Waals surface area contributed by atoms with Crippen molar-refractivity contribution in [3.63, 3.8) is 0 Å². The number of esters is 1. The second kappa shape index (κ2) is 8.81. The van der Waals surface area contributed by atoms with Crippen LogP contribution in [0, 0.1) is 0 Å². The van der Waals surface area contributed by atoms with E-state index in [4.69, 9.17) is 4.74 Å². The fourth-order valence-electron chi connectivity index (χ4n) is 1.98.